The lowest BCUT2D eigenvalue weighted by Gasteiger charge is -2.11. The number of anilines is 1. The number of unbranched alkanes of at least 4 members (excludes halogenated alkanes) is 1. The molecule has 0 radical (unpaired) electrons. The maximum Gasteiger partial charge on any atom is 0.253 e. The van der Waals surface area contributed by atoms with Crippen molar-refractivity contribution in [1.82, 2.24) is 14.3 Å². The maximum absolute atomic E-state index is 12.1. The van der Waals surface area contributed by atoms with Gasteiger partial charge in [-0.1, -0.05) is 13.3 Å². The molecular weight excluding hydrogens is 376 g/mol. The van der Waals surface area contributed by atoms with Gasteiger partial charge in [0, 0.05) is 36.9 Å². The van der Waals surface area contributed by atoms with Crippen molar-refractivity contribution in [3.63, 3.8) is 0 Å². The quantitative estimate of drug-likeness (QED) is 0.687. The Kier molecular flexibility index (Phi) is 5.34. The van der Waals surface area contributed by atoms with Crippen LogP contribution in [0.25, 0.3) is 22.0 Å². The zero-order valence-electron chi connectivity index (χ0n) is 16.9. The monoisotopic (exact) mass is 402 g/mol. The first kappa shape index (κ1) is 20.1. The van der Waals surface area contributed by atoms with Gasteiger partial charge in [-0.2, -0.15) is 5.10 Å². The average molecular weight is 403 g/mol. The van der Waals surface area contributed by atoms with Crippen LogP contribution < -0.4 is 10.3 Å². The van der Waals surface area contributed by atoms with E-state index in [-0.39, 0.29) is 5.56 Å². The molecule has 0 saturated carbocycles. The van der Waals surface area contributed by atoms with Crippen LogP contribution in [0.4, 0.5) is 5.69 Å². The average Bonchev–Trinajstić information content (AvgIpc) is 2.91. The van der Waals surface area contributed by atoms with E-state index in [0.29, 0.717) is 16.8 Å². The minimum Gasteiger partial charge on any atom is -0.318 e. The zero-order valence-corrected chi connectivity index (χ0v) is 17.7. The van der Waals surface area contributed by atoms with Crippen LogP contribution in [0.5, 0.6) is 0 Å². The van der Waals surface area contributed by atoms with Gasteiger partial charge >= 0.3 is 0 Å². The molecule has 0 fully saturated rings. The maximum atomic E-state index is 12.1. The lowest BCUT2D eigenvalue weighted by Crippen LogP contribution is -2.18. The molecule has 2 heterocycles. The number of rotatable bonds is 6. The van der Waals surface area contributed by atoms with Crippen LogP contribution >= 0.6 is 0 Å². The van der Waals surface area contributed by atoms with Crippen molar-refractivity contribution in [3.8, 4) is 11.1 Å². The Morgan fingerprint density at radius 1 is 1.14 bits per heavy atom. The predicted octanol–water partition coefficient (Wildman–Crippen LogP) is 2.96. The van der Waals surface area contributed by atoms with Crippen LogP contribution in [0.15, 0.2) is 29.2 Å². The van der Waals surface area contributed by atoms with E-state index in [1.807, 2.05) is 23.9 Å². The van der Waals surface area contributed by atoms with E-state index in [1.54, 1.807) is 30.8 Å². The van der Waals surface area contributed by atoms with Crippen LogP contribution in [-0.2, 0) is 30.5 Å². The fourth-order valence-corrected chi connectivity index (χ4v) is 4.02. The van der Waals surface area contributed by atoms with Crippen LogP contribution in [0.2, 0.25) is 0 Å². The summed E-state index contributed by atoms with van der Waals surface area (Å²) in [6, 6.07) is 5.63. The van der Waals surface area contributed by atoms with Gasteiger partial charge in [-0.3, -0.25) is 14.2 Å². The predicted molar refractivity (Wildman–Crippen MR) is 113 cm³/mol. The summed E-state index contributed by atoms with van der Waals surface area (Å²) in [6.07, 6.45) is 5.83. The second-order valence-corrected chi connectivity index (χ2v) is 9.04. The first-order chi connectivity index (χ1) is 13.1. The lowest BCUT2D eigenvalue weighted by atomic mass is 10.0. The van der Waals surface area contributed by atoms with E-state index in [9.17, 15) is 13.2 Å². The summed E-state index contributed by atoms with van der Waals surface area (Å²) in [5.74, 6) is 0. The lowest BCUT2D eigenvalue weighted by molar-refractivity contribution is 0.607. The number of aromatic nitrogens is 3. The summed E-state index contributed by atoms with van der Waals surface area (Å²) in [5.41, 5.74) is 4.41. The third-order valence-corrected chi connectivity index (χ3v) is 5.41. The fourth-order valence-electron chi connectivity index (χ4n) is 3.47. The highest BCUT2D eigenvalue weighted by molar-refractivity contribution is 7.92. The van der Waals surface area contributed by atoms with Crippen molar-refractivity contribution in [2.75, 3.05) is 11.0 Å². The molecule has 0 amide bonds. The van der Waals surface area contributed by atoms with Gasteiger partial charge in [0.25, 0.3) is 5.56 Å². The molecule has 0 spiro atoms. The topological polar surface area (TPSA) is 86.0 Å². The number of aryl methyl sites for hydroxylation is 4. The summed E-state index contributed by atoms with van der Waals surface area (Å²) in [6.45, 7) is 3.91. The van der Waals surface area contributed by atoms with Crippen LogP contribution in [0.1, 0.15) is 31.0 Å². The molecule has 1 aromatic carbocycles. The summed E-state index contributed by atoms with van der Waals surface area (Å²) < 4.78 is 29.8. The van der Waals surface area contributed by atoms with Crippen molar-refractivity contribution in [2.24, 2.45) is 14.1 Å². The summed E-state index contributed by atoms with van der Waals surface area (Å²) in [5, 5.41) is 5.49. The number of hydrogen-bond donors (Lipinski definition) is 1. The molecular formula is C20H26N4O3S. The number of benzene rings is 1. The minimum absolute atomic E-state index is 0.0516. The summed E-state index contributed by atoms with van der Waals surface area (Å²) in [7, 11) is 0.127. The van der Waals surface area contributed by atoms with Gasteiger partial charge in [-0.25, -0.2) is 8.42 Å². The van der Waals surface area contributed by atoms with Crippen LogP contribution in [0, 0.1) is 6.92 Å². The van der Waals surface area contributed by atoms with Crippen molar-refractivity contribution < 1.29 is 8.42 Å². The largest absolute Gasteiger partial charge is 0.318 e. The number of sulfonamides is 1. The van der Waals surface area contributed by atoms with E-state index >= 15 is 0 Å². The van der Waals surface area contributed by atoms with E-state index in [0.717, 1.165) is 47.7 Å². The van der Waals surface area contributed by atoms with Crippen molar-refractivity contribution >= 4 is 26.6 Å². The highest BCUT2D eigenvalue weighted by Gasteiger charge is 2.17. The molecule has 0 saturated heterocycles. The molecule has 1 N–H and O–H groups in total. The second kappa shape index (κ2) is 7.43. The molecule has 3 rings (SSSR count). The Balaban J connectivity index is 2.30. The van der Waals surface area contributed by atoms with Crippen molar-refractivity contribution in [1.29, 1.82) is 0 Å². The van der Waals surface area contributed by atoms with Crippen LogP contribution in [-0.4, -0.2) is 29.0 Å². The first-order valence-electron chi connectivity index (χ1n) is 9.25. The number of pyridine rings is 1. The van der Waals surface area contributed by atoms with E-state index in [2.05, 4.69) is 16.7 Å². The number of nitrogens with one attached hydrogen (secondary N) is 1. The summed E-state index contributed by atoms with van der Waals surface area (Å²) in [4.78, 5) is 12.1. The Bertz CT molecular complexity index is 1180. The van der Waals surface area contributed by atoms with Crippen molar-refractivity contribution in [2.45, 2.75) is 33.1 Å². The zero-order chi connectivity index (χ0) is 20.6. The number of hydrogen-bond acceptors (Lipinski definition) is 4. The number of fused-ring (bicyclic) bond motifs is 1. The van der Waals surface area contributed by atoms with Gasteiger partial charge in [0.15, 0.2) is 0 Å². The molecule has 28 heavy (non-hydrogen) atoms. The van der Waals surface area contributed by atoms with Gasteiger partial charge in [-0.15, -0.1) is 0 Å². The van der Waals surface area contributed by atoms with Gasteiger partial charge in [0.05, 0.1) is 11.9 Å². The normalized spacial score (nSPS) is 11.9. The minimum atomic E-state index is -3.47. The Hall–Kier alpha value is -2.61. The highest BCUT2D eigenvalue weighted by Crippen LogP contribution is 2.33. The Morgan fingerprint density at radius 2 is 1.86 bits per heavy atom. The van der Waals surface area contributed by atoms with Gasteiger partial charge in [0.1, 0.15) is 5.52 Å². The molecule has 0 bridgehead atoms. The van der Waals surface area contributed by atoms with E-state index in [1.165, 1.54) is 0 Å². The molecule has 150 valence electrons. The fraction of sp³-hybridized carbons (Fsp3) is 0.400. The molecule has 0 aliphatic heterocycles. The third kappa shape index (κ3) is 3.96. The molecule has 0 atom stereocenters. The highest BCUT2D eigenvalue weighted by atomic mass is 32.2. The molecule has 0 unspecified atom stereocenters. The third-order valence-electron chi connectivity index (χ3n) is 4.82. The Morgan fingerprint density at radius 3 is 2.46 bits per heavy atom. The molecule has 7 nitrogen and oxygen atoms in total. The number of nitrogens with zero attached hydrogens (tertiary/aromatic N) is 3. The first-order valence-corrected chi connectivity index (χ1v) is 11.1. The molecule has 2 aromatic heterocycles. The molecule has 0 aliphatic rings. The standard InChI is InChI=1S/C20H26N4O3S/c1-6-7-8-18-16-10-14(15-9-13(2)20(25)23(3)12-15)11-17(22-28(5,26)27)19(16)21-24(18)4/h9-12,22H,6-8H2,1-5H3. The molecule has 3 aromatic rings. The van der Waals surface area contributed by atoms with Crippen molar-refractivity contribution in [3.05, 3.63) is 46.0 Å². The molecule has 0 aliphatic carbocycles. The molecule has 8 heteroatoms. The van der Waals surface area contributed by atoms with E-state index < -0.39 is 10.0 Å². The van der Waals surface area contributed by atoms with Gasteiger partial charge < -0.3 is 4.57 Å². The van der Waals surface area contributed by atoms with E-state index in [4.69, 9.17) is 0 Å². The summed E-state index contributed by atoms with van der Waals surface area (Å²) >= 11 is 0. The SMILES string of the molecule is CCCCc1c2cc(-c3cc(C)c(=O)n(C)c3)cc(NS(C)(=O)=O)c2nn1C. The van der Waals surface area contributed by atoms with Gasteiger partial charge in [-0.05, 0) is 49.1 Å². The van der Waals surface area contributed by atoms with Gasteiger partial charge in [0.2, 0.25) is 10.0 Å². The van der Waals surface area contributed by atoms with Crippen LogP contribution in [0.3, 0.4) is 0 Å². The smallest absolute Gasteiger partial charge is 0.253 e. The Labute approximate surface area is 165 Å². The second-order valence-electron chi connectivity index (χ2n) is 7.30.